The van der Waals surface area contributed by atoms with Crippen LogP contribution in [0.25, 0.3) is 10.6 Å². The van der Waals surface area contributed by atoms with E-state index >= 15 is 0 Å². The van der Waals surface area contributed by atoms with E-state index in [-0.39, 0.29) is 11.7 Å². The van der Waals surface area contributed by atoms with Gasteiger partial charge in [0, 0.05) is 17.5 Å². The summed E-state index contributed by atoms with van der Waals surface area (Å²) in [6.45, 7) is 2.32. The predicted octanol–water partition coefficient (Wildman–Crippen LogP) is 2.24. The Bertz CT molecular complexity index is 834. The molecule has 1 N–H and O–H groups in total. The van der Waals surface area contributed by atoms with Gasteiger partial charge in [-0.3, -0.25) is 4.79 Å². The van der Waals surface area contributed by atoms with E-state index in [2.05, 4.69) is 10.3 Å². The number of hydrogen-bond donors (Lipinski definition) is 1. The van der Waals surface area contributed by atoms with Crippen molar-refractivity contribution in [3.63, 3.8) is 0 Å². The van der Waals surface area contributed by atoms with Gasteiger partial charge in [-0.05, 0) is 19.8 Å². The number of rotatable bonds is 6. The first-order valence-corrected chi connectivity index (χ1v) is 10.8. The van der Waals surface area contributed by atoms with Crippen LogP contribution in [-0.2, 0) is 21.4 Å². The molecule has 8 heteroatoms. The molecule has 1 amide bonds. The van der Waals surface area contributed by atoms with Gasteiger partial charge in [0.05, 0.1) is 18.0 Å². The van der Waals surface area contributed by atoms with Gasteiger partial charge in [0.25, 0.3) is 0 Å². The number of sulfonamides is 1. The molecule has 25 heavy (non-hydrogen) atoms. The zero-order valence-corrected chi connectivity index (χ0v) is 15.6. The standard InChI is InChI=1S/C17H21N3O3S2/c1-2-25(22,23)20-10-6-9-15(20)16(21)18-11-14-12-24-17(19-14)13-7-4-3-5-8-13/h3-5,7-8,12,15H,2,6,9-11H2,1H3,(H,18,21). The Morgan fingerprint density at radius 1 is 1.36 bits per heavy atom. The first-order chi connectivity index (χ1) is 12.0. The van der Waals surface area contributed by atoms with Crippen molar-refractivity contribution in [3.05, 3.63) is 41.4 Å². The average molecular weight is 380 g/mol. The maximum atomic E-state index is 12.4. The smallest absolute Gasteiger partial charge is 0.238 e. The van der Waals surface area contributed by atoms with E-state index < -0.39 is 16.1 Å². The first-order valence-electron chi connectivity index (χ1n) is 8.28. The number of carbonyl (C=O) groups excluding carboxylic acids is 1. The highest BCUT2D eigenvalue weighted by Gasteiger charge is 2.37. The summed E-state index contributed by atoms with van der Waals surface area (Å²) in [6, 6.07) is 9.26. The van der Waals surface area contributed by atoms with Crippen molar-refractivity contribution in [2.45, 2.75) is 32.4 Å². The second-order valence-corrected chi connectivity index (χ2v) is 8.97. The van der Waals surface area contributed by atoms with E-state index in [1.54, 1.807) is 6.92 Å². The molecule has 1 aliphatic heterocycles. The summed E-state index contributed by atoms with van der Waals surface area (Å²) in [4.78, 5) is 17.0. The SMILES string of the molecule is CCS(=O)(=O)N1CCCC1C(=O)NCc1csc(-c2ccccc2)n1. The number of thiazole rings is 1. The fraction of sp³-hybridized carbons (Fsp3) is 0.412. The summed E-state index contributed by atoms with van der Waals surface area (Å²) >= 11 is 1.53. The van der Waals surface area contributed by atoms with Crippen LogP contribution in [0.1, 0.15) is 25.5 Å². The maximum Gasteiger partial charge on any atom is 0.238 e. The van der Waals surface area contributed by atoms with Crippen LogP contribution in [0.4, 0.5) is 0 Å². The van der Waals surface area contributed by atoms with Gasteiger partial charge < -0.3 is 5.32 Å². The van der Waals surface area contributed by atoms with Gasteiger partial charge in [0.2, 0.25) is 15.9 Å². The zero-order chi connectivity index (χ0) is 17.9. The van der Waals surface area contributed by atoms with Crippen LogP contribution in [0.5, 0.6) is 0 Å². The van der Waals surface area contributed by atoms with Crippen molar-refractivity contribution in [2.24, 2.45) is 0 Å². The zero-order valence-electron chi connectivity index (χ0n) is 14.0. The largest absolute Gasteiger partial charge is 0.349 e. The Labute approximate surface area is 151 Å². The lowest BCUT2D eigenvalue weighted by Crippen LogP contribution is -2.46. The molecule has 0 bridgehead atoms. The predicted molar refractivity (Wildman–Crippen MR) is 98.6 cm³/mol. The number of hydrogen-bond acceptors (Lipinski definition) is 5. The van der Waals surface area contributed by atoms with Gasteiger partial charge in [-0.15, -0.1) is 11.3 Å². The molecule has 1 saturated heterocycles. The highest BCUT2D eigenvalue weighted by atomic mass is 32.2. The third-order valence-electron chi connectivity index (χ3n) is 4.24. The van der Waals surface area contributed by atoms with E-state index in [9.17, 15) is 13.2 Å². The third-order valence-corrected chi connectivity index (χ3v) is 7.07. The molecular formula is C17H21N3O3S2. The summed E-state index contributed by atoms with van der Waals surface area (Å²) in [5.41, 5.74) is 1.82. The number of nitrogens with zero attached hydrogens (tertiary/aromatic N) is 2. The number of aromatic nitrogens is 1. The van der Waals surface area contributed by atoms with Crippen LogP contribution in [-0.4, -0.2) is 42.0 Å². The Kier molecular flexibility index (Phi) is 5.51. The molecule has 1 fully saturated rings. The van der Waals surface area contributed by atoms with Crippen LogP contribution >= 0.6 is 11.3 Å². The molecule has 134 valence electrons. The van der Waals surface area contributed by atoms with Crippen LogP contribution in [0.2, 0.25) is 0 Å². The summed E-state index contributed by atoms with van der Waals surface area (Å²) < 4.78 is 25.5. The van der Waals surface area contributed by atoms with E-state index in [0.717, 1.165) is 16.3 Å². The van der Waals surface area contributed by atoms with Gasteiger partial charge in [0.15, 0.2) is 0 Å². The molecule has 6 nitrogen and oxygen atoms in total. The first kappa shape index (κ1) is 18.0. The maximum absolute atomic E-state index is 12.4. The van der Waals surface area contributed by atoms with Crippen molar-refractivity contribution in [3.8, 4) is 10.6 Å². The van der Waals surface area contributed by atoms with E-state index in [1.807, 2.05) is 35.7 Å². The van der Waals surface area contributed by atoms with Gasteiger partial charge in [-0.1, -0.05) is 30.3 Å². The monoisotopic (exact) mass is 379 g/mol. The average Bonchev–Trinajstić information content (AvgIpc) is 3.30. The Morgan fingerprint density at radius 2 is 2.12 bits per heavy atom. The number of benzene rings is 1. The highest BCUT2D eigenvalue weighted by molar-refractivity contribution is 7.89. The second kappa shape index (κ2) is 7.63. The minimum Gasteiger partial charge on any atom is -0.349 e. The Balaban J connectivity index is 1.62. The van der Waals surface area contributed by atoms with Gasteiger partial charge >= 0.3 is 0 Å². The summed E-state index contributed by atoms with van der Waals surface area (Å²) in [6.07, 6.45) is 1.28. The van der Waals surface area contributed by atoms with Gasteiger partial charge in [0.1, 0.15) is 11.0 Å². The van der Waals surface area contributed by atoms with E-state index in [1.165, 1.54) is 15.6 Å². The quantitative estimate of drug-likeness (QED) is 0.835. The molecule has 0 spiro atoms. The van der Waals surface area contributed by atoms with E-state index in [0.29, 0.717) is 25.9 Å². The fourth-order valence-corrected chi connectivity index (χ4v) is 5.05. The van der Waals surface area contributed by atoms with Crippen molar-refractivity contribution in [1.82, 2.24) is 14.6 Å². The van der Waals surface area contributed by atoms with Crippen molar-refractivity contribution >= 4 is 27.3 Å². The van der Waals surface area contributed by atoms with Crippen LogP contribution in [0.3, 0.4) is 0 Å². The minimum atomic E-state index is -3.35. The molecule has 1 unspecified atom stereocenters. The highest BCUT2D eigenvalue weighted by Crippen LogP contribution is 2.24. The molecule has 1 atom stereocenters. The van der Waals surface area contributed by atoms with Crippen LogP contribution in [0, 0.1) is 0 Å². The van der Waals surface area contributed by atoms with Crippen molar-refractivity contribution in [1.29, 1.82) is 0 Å². The lowest BCUT2D eigenvalue weighted by atomic mass is 10.2. The molecule has 1 aromatic carbocycles. The van der Waals surface area contributed by atoms with Gasteiger partial charge in [-0.25, -0.2) is 13.4 Å². The number of carbonyl (C=O) groups is 1. The lowest BCUT2D eigenvalue weighted by Gasteiger charge is -2.22. The molecule has 0 saturated carbocycles. The molecule has 2 heterocycles. The van der Waals surface area contributed by atoms with Crippen molar-refractivity contribution in [2.75, 3.05) is 12.3 Å². The van der Waals surface area contributed by atoms with Gasteiger partial charge in [-0.2, -0.15) is 4.31 Å². The molecular weight excluding hydrogens is 358 g/mol. The molecule has 0 aliphatic carbocycles. The number of nitrogens with one attached hydrogen (secondary N) is 1. The third kappa shape index (κ3) is 4.08. The summed E-state index contributed by atoms with van der Waals surface area (Å²) in [5.74, 6) is -0.229. The van der Waals surface area contributed by atoms with Crippen molar-refractivity contribution < 1.29 is 13.2 Å². The topological polar surface area (TPSA) is 79.4 Å². The summed E-state index contributed by atoms with van der Waals surface area (Å²) in [7, 11) is -3.35. The minimum absolute atomic E-state index is 0.0172. The molecule has 1 aliphatic rings. The molecule has 3 rings (SSSR count). The lowest BCUT2D eigenvalue weighted by molar-refractivity contribution is -0.124. The second-order valence-electron chi connectivity index (χ2n) is 5.90. The van der Waals surface area contributed by atoms with Crippen LogP contribution in [0.15, 0.2) is 35.7 Å². The Morgan fingerprint density at radius 3 is 2.84 bits per heavy atom. The van der Waals surface area contributed by atoms with Crippen LogP contribution < -0.4 is 5.32 Å². The Hall–Kier alpha value is -1.77. The molecule has 2 aromatic rings. The molecule has 1 aromatic heterocycles. The molecule has 0 radical (unpaired) electrons. The number of amides is 1. The van der Waals surface area contributed by atoms with E-state index in [4.69, 9.17) is 0 Å². The normalized spacial score (nSPS) is 18.4. The summed E-state index contributed by atoms with van der Waals surface area (Å²) in [5, 5.41) is 5.65. The fourth-order valence-electron chi connectivity index (χ4n) is 2.90.